The Labute approximate surface area is 126 Å². The Morgan fingerprint density at radius 1 is 1.24 bits per heavy atom. The molecule has 1 unspecified atom stereocenters. The molecule has 0 saturated carbocycles. The standard InChI is InChI=1S/C17H24FN3/c1-13(9-14-5-7-15(18)8-6-14)21-12-19-10-16(21)11-20-17(2,3)4/h5-8,10,12-13,20H,9,11H2,1-4H3. The van der Waals surface area contributed by atoms with Crippen LogP contribution < -0.4 is 5.32 Å². The zero-order valence-corrected chi connectivity index (χ0v) is 13.2. The van der Waals surface area contributed by atoms with Crippen LogP contribution in [-0.4, -0.2) is 15.1 Å². The van der Waals surface area contributed by atoms with E-state index in [1.165, 1.54) is 17.8 Å². The van der Waals surface area contributed by atoms with Gasteiger partial charge in [-0.2, -0.15) is 0 Å². The first-order chi connectivity index (χ1) is 9.85. The minimum absolute atomic E-state index is 0.0787. The second-order valence-corrected chi connectivity index (χ2v) is 6.58. The van der Waals surface area contributed by atoms with E-state index in [2.05, 4.69) is 42.6 Å². The maximum Gasteiger partial charge on any atom is 0.123 e. The molecule has 21 heavy (non-hydrogen) atoms. The van der Waals surface area contributed by atoms with Crippen molar-refractivity contribution in [2.45, 2.75) is 52.2 Å². The highest BCUT2D eigenvalue weighted by atomic mass is 19.1. The maximum atomic E-state index is 13.0. The van der Waals surface area contributed by atoms with E-state index in [0.717, 1.165) is 18.5 Å². The van der Waals surface area contributed by atoms with Crippen LogP contribution in [0, 0.1) is 5.82 Å². The van der Waals surface area contributed by atoms with Crippen LogP contribution in [0.2, 0.25) is 0 Å². The van der Waals surface area contributed by atoms with Gasteiger partial charge in [0.05, 0.1) is 12.0 Å². The maximum absolute atomic E-state index is 13.0. The van der Waals surface area contributed by atoms with E-state index in [1.54, 1.807) is 0 Å². The third-order valence-electron chi connectivity index (χ3n) is 3.47. The summed E-state index contributed by atoms with van der Waals surface area (Å²) in [6.07, 6.45) is 4.63. The van der Waals surface area contributed by atoms with E-state index in [4.69, 9.17) is 0 Å². The lowest BCUT2D eigenvalue weighted by Crippen LogP contribution is -2.35. The lowest BCUT2D eigenvalue weighted by molar-refractivity contribution is 0.408. The Kier molecular flexibility index (Phi) is 4.78. The van der Waals surface area contributed by atoms with E-state index in [9.17, 15) is 4.39 Å². The molecule has 2 aromatic rings. The van der Waals surface area contributed by atoms with Crippen LogP contribution >= 0.6 is 0 Å². The summed E-state index contributed by atoms with van der Waals surface area (Å²) in [6, 6.07) is 7.00. The van der Waals surface area contributed by atoms with E-state index in [-0.39, 0.29) is 17.4 Å². The Morgan fingerprint density at radius 3 is 2.52 bits per heavy atom. The lowest BCUT2D eigenvalue weighted by atomic mass is 10.1. The van der Waals surface area contributed by atoms with Crippen molar-refractivity contribution in [3.05, 3.63) is 53.9 Å². The van der Waals surface area contributed by atoms with E-state index < -0.39 is 0 Å². The monoisotopic (exact) mass is 289 g/mol. The minimum Gasteiger partial charge on any atom is -0.330 e. The molecule has 3 nitrogen and oxygen atoms in total. The number of benzene rings is 1. The molecule has 1 N–H and O–H groups in total. The van der Waals surface area contributed by atoms with Crippen LogP contribution in [0.25, 0.3) is 0 Å². The molecule has 0 amide bonds. The predicted octanol–water partition coefficient (Wildman–Crippen LogP) is 3.71. The molecule has 1 aromatic heterocycles. The molecule has 4 heteroatoms. The summed E-state index contributed by atoms with van der Waals surface area (Å²) in [5.41, 5.74) is 2.38. The zero-order valence-electron chi connectivity index (χ0n) is 13.2. The number of aromatic nitrogens is 2. The van der Waals surface area contributed by atoms with Gasteiger partial charge in [-0.05, 0) is 51.8 Å². The summed E-state index contributed by atoms with van der Waals surface area (Å²) in [5.74, 6) is -0.191. The topological polar surface area (TPSA) is 29.9 Å². The Morgan fingerprint density at radius 2 is 1.90 bits per heavy atom. The SMILES string of the molecule is CC(Cc1ccc(F)cc1)n1cncc1CNC(C)(C)C. The molecule has 0 fully saturated rings. The van der Waals surface area contributed by atoms with E-state index in [1.807, 2.05) is 24.7 Å². The lowest BCUT2D eigenvalue weighted by Gasteiger charge is -2.22. The fourth-order valence-corrected chi connectivity index (χ4v) is 2.28. The molecule has 0 spiro atoms. The highest BCUT2D eigenvalue weighted by Gasteiger charge is 2.13. The van der Waals surface area contributed by atoms with E-state index >= 15 is 0 Å². The van der Waals surface area contributed by atoms with Gasteiger partial charge in [0.1, 0.15) is 5.82 Å². The van der Waals surface area contributed by atoms with Crippen LogP contribution in [0.15, 0.2) is 36.8 Å². The van der Waals surface area contributed by atoms with Crippen LogP contribution in [0.5, 0.6) is 0 Å². The molecule has 0 bridgehead atoms. The van der Waals surface area contributed by atoms with Gasteiger partial charge in [0, 0.05) is 24.3 Å². The molecule has 0 aliphatic rings. The molecule has 1 aromatic carbocycles. The summed E-state index contributed by atoms with van der Waals surface area (Å²) >= 11 is 0. The van der Waals surface area contributed by atoms with Gasteiger partial charge < -0.3 is 9.88 Å². The molecule has 0 saturated heterocycles. The largest absolute Gasteiger partial charge is 0.330 e. The van der Waals surface area contributed by atoms with Crippen molar-refractivity contribution in [3.63, 3.8) is 0 Å². The number of hydrogen-bond donors (Lipinski definition) is 1. The van der Waals surface area contributed by atoms with Crippen LogP contribution in [-0.2, 0) is 13.0 Å². The fraction of sp³-hybridized carbons (Fsp3) is 0.471. The molecule has 114 valence electrons. The second-order valence-electron chi connectivity index (χ2n) is 6.58. The smallest absolute Gasteiger partial charge is 0.123 e. The van der Waals surface area contributed by atoms with Crippen molar-refractivity contribution in [2.24, 2.45) is 0 Å². The second kappa shape index (κ2) is 6.39. The average Bonchev–Trinajstić information content (AvgIpc) is 2.87. The number of halogens is 1. The first-order valence-corrected chi connectivity index (χ1v) is 7.35. The molecular weight excluding hydrogens is 265 g/mol. The van der Waals surface area contributed by atoms with Crippen LogP contribution in [0.3, 0.4) is 0 Å². The number of nitrogens with zero attached hydrogens (tertiary/aromatic N) is 2. The summed E-state index contributed by atoms with van der Waals surface area (Å²) in [4.78, 5) is 4.26. The van der Waals surface area contributed by atoms with Gasteiger partial charge in [-0.25, -0.2) is 9.37 Å². The van der Waals surface area contributed by atoms with Crippen molar-refractivity contribution in [3.8, 4) is 0 Å². The van der Waals surface area contributed by atoms with Crippen LogP contribution in [0.4, 0.5) is 4.39 Å². The number of imidazole rings is 1. The molecule has 0 aliphatic heterocycles. The Bertz CT molecular complexity index is 566. The predicted molar refractivity (Wildman–Crippen MR) is 83.6 cm³/mol. The zero-order chi connectivity index (χ0) is 15.5. The summed E-state index contributed by atoms with van der Waals surface area (Å²) < 4.78 is 15.1. The van der Waals surface area contributed by atoms with Gasteiger partial charge in [0.15, 0.2) is 0 Å². The van der Waals surface area contributed by atoms with Crippen molar-refractivity contribution < 1.29 is 4.39 Å². The normalized spacial score (nSPS) is 13.4. The highest BCUT2D eigenvalue weighted by Crippen LogP contribution is 2.17. The van der Waals surface area contributed by atoms with Gasteiger partial charge in [0.25, 0.3) is 0 Å². The summed E-state index contributed by atoms with van der Waals surface area (Å²) in [7, 11) is 0. The average molecular weight is 289 g/mol. The first kappa shape index (κ1) is 15.7. The number of nitrogens with one attached hydrogen (secondary N) is 1. The molecule has 1 atom stereocenters. The Hall–Kier alpha value is -1.68. The molecule has 2 rings (SSSR count). The fourth-order valence-electron chi connectivity index (χ4n) is 2.28. The van der Waals surface area contributed by atoms with Crippen molar-refractivity contribution in [1.82, 2.24) is 14.9 Å². The third-order valence-corrected chi connectivity index (χ3v) is 3.47. The summed E-state index contributed by atoms with van der Waals surface area (Å²) in [5, 5.41) is 3.48. The third kappa shape index (κ3) is 4.67. The highest BCUT2D eigenvalue weighted by molar-refractivity contribution is 5.17. The molecule has 0 aliphatic carbocycles. The quantitative estimate of drug-likeness (QED) is 0.909. The van der Waals surface area contributed by atoms with Crippen molar-refractivity contribution in [2.75, 3.05) is 0 Å². The van der Waals surface area contributed by atoms with Gasteiger partial charge in [-0.15, -0.1) is 0 Å². The van der Waals surface area contributed by atoms with Crippen molar-refractivity contribution in [1.29, 1.82) is 0 Å². The van der Waals surface area contributed by atoms with Gasteiger partial charge in [-0.1, -0.05) is 12.1 Å². The van der Waals surface area contributed by atoms with Gasteiger partial charge in [0.2, 0.25) is 0 Å². The molecule has 0 radical (unpaired) electrons. The number of rotatable bonds is 5. The number of hydrogen-bond acceptors (Lipinski definition) is 2. The molecule has 1 heterocycles. The van der Waals surface area contributed by atoms with Gasteiger partial charge in [-0.3, -0.25) is 0 Å². The Balaban J connectivity index is 2.04. The first-order valence-electron chi connectivity index (χ1n) is 7.35. The minimum atomic E-state index is -0.191. The summed E-state index contributed by atoms with van der Waals surface area (Å²) in [6.45, 7) is 9.39. The van der Waals surface area contributed by atoms with Crippen LogP contribution in [0.1, 0.15) is 45.0 Å². The molecular formula is C17H24FN3. The van der Waals surface area contributed by atoms with Crippen molar-refractivity contribution >= 4 is 0 Å². The van der Waals surface area contributed by atoms with Gasteiger partial charge >= 0.3 is 0 Å². The van der Waals surface area contributed by atoms with E-state index in [0.29, 0.717) is 0 Å².